The first kappa shape index (κ1) is 13.8. The molecular formula is C10H21F2NO. The van der Waals surface area contributed by atoms with Crippen LogP contribution in [0.25, 0.3) is 0 Å². The monoisotopic (exact) mass is 209 g/mol. The molecule has 0 fully saturated rings. The Labute approximate surface area is 84.8 Å². The molecule has 0 heterocycles. The van der Waals surface area contributed by atoms with E-state index in [1.807, 2.05) is 27.7 Å². The molecule has 2 unspecified atom stereocenters. The second-order valence-electron chi connectivity index (χ2n) is 4.58. The van der Waals surface area contributed by atoms with Gasteiger partial charge in [-0.25, -0.2) is 8.78 Å². The van der Waals surface area contributed by atoms with Crippen LogP contribution >= 0.6 is 0 Å². The molecule has 86 valence electrons. The van der Waals surface area contributed by atoms with E-state index in [2.05, 4.69) is 0 Å². The number of ether oxygens (including phenoxy) is 1. The molecule has 0 bridgehead atoms. The first-order valence-corrected chi connectivity index (χ1v) is 4.94. The molecule has 0 aliphatic rings. The van der Waals surface area contributed by atoms with Gasteiger partial charge in [-0.3, -0.25) is 0 Å². The highest BCUT2D eigenvalue weighted by molar-refractivity contribution is 4.83. The van der Waals surface area contributed by atoms with Crippen LogP contribution < -0.4 is 5.73 Å². The average molecular weight is 209 g/mol. The quantitative estimate of drug-likeness (QED) is 0.754. The first-order chi connectivity index (χ1) is 6.29. The van der Waals surface area contributed by atoms with Crippen LogP contribution in [0.4, 0.5) is 8.78 Å². The molecule has 14 heavy (non-hydrogen) atoms. The molecule has 0 rings (SSSR count). The van der Waals surface area contributed by atoms with Crippen molar-refractivity contribution in [2.24, 2.45) is 11.1 Å². The van der Waals surface area contributed by atoms with Crippen molar-refractivity contribution in [1.29, 1.82) is 0 Å². The fraction of sp³-hybridized carbons (Fsp3) is 1.00. The zero-order valence-electron chi connectivity index (χ0n) is 9.39. The molecule has 0 aliphatic carbocycles. The van der Waals surface area contributed by atoms with Gasteiger partial charge in [0, 0.05) is 6.04 Å². The van der Waals surface area contributed by atoms with Gasteiger partial charge in [0.1, 0.15) is 6.61 Å². The van der Waals surface area contributed by atoms with E-state index in [-0.39, 0.29) is 17.6 Å². The standard InChI is InChI=1S/C10H21F2NO/c1-5-7(13)9(10(2,3)4)14-6-8(11)12/h7-9H,5-6,13H2,1-4H3. The van der Waals surface area contributed by atoms with Crippen molar-refractivity contribution in [1.82, 2.24) is 0 Å². The summed E-state index contributed by atoms with van der Waals surface area (Å²) >= 11 is 0. The van der Waals surface area contributed by atoms with Gasteiger partial charge in [0.05, 0.1) is 6.10 Å². The van der Waals surface area contributed by atoms with E-state index < -0.39 is 13.0 Å². The van der Waals surface area contributed by atoms with Gasteiger partial charge in [-0.05, 0) is 11.8 Å². The van der Waals surface area contributed by atoms with Gasteiger partial charge >= 0.3 is 0 Å². The number of rotatable bonds is 5. The summed E-state index contributed by atoms with van der Waals surface area (Å²) in [4.78, 5) is 0. The summed E-state index contributed by atoms with van der Waals surface area (Å²) in [6, 6.07) is -0.186. The number of alkyl halides is 2. The topological polar surface area (TPSA) is 35.2 Å². The smallest absolute Gasteiger partial charge is 0.261 e. The summed E-state index contributed by atoms with van der Waals surface area (Å²) in [6.07, 6.45) is -2.02. The largest absolute Gasteiger partial charge is 0.370 e. The van der Waals surface area contributed by atoms with E-state index in [0.29, 0.717) is 0 Å². The fourth-order valence-corrected chi connectivity index (χ4v) is 1.41. The summed E-state index contributed by atoms with van der Waals surface area (Å²) in [7, 11) is 0. The Hall–Kier alpha value is -0.220. The SMILES string of the molecule is CCC(N)C(OCC(F)F)C(C)(C)C. The van der Waals surface area contributed by atoms with Gasteiger partial charge in [-0.2, -0.15) is 0 Å². The van der Waals surface area contributed by atoms with Crippen molar-refractivity contribution in [3.63, 3.8) is 0 Å². The molecule has 4 heteroatoms. The van der Waals surface area contributed by atoms with Gasteiger partial charge < -0.3 is 10.5 Å². The lowest BCUT2D eigenvalue weighted by molar-refractivity contribution is -0.0763. The molecule has 0 aromatic heterocycles. The molecule has 0 aliphatic heterocycles. The van der Waals surface area contributed by atoms with E-state index in [4.69, 9.17) is 10.5 Å². The molecule has 0 aromatic rings. The van der Waals surface area contributed by atoms with Crippen molar-refractivity contribution in [2.45, 2.75) is 52.7 Å². The molecule has 0 spiro atoms. The molecule has 2 nitrogen and oxygen atoms in total. The van der Waals surface area contributed by atoms with Crippen LogP contribution in [0.15, 0.2) is 0 Å². The third kappa shape index (κ3) is 4.86. The van der Waals surface area contributed by atoms with Crippen LogP contribution in [0.3, 0.4) is 0 Å². The summed E-state index contributed by atoms with van der Waals surface area (Å²) in [5.74, 6) is 0. The maximum atomic E-state index is 12.0. The Kier molecular flexibility index (Phi) is 5.52. The Balaban J connectivity index is 4.26. The lowest BCUT2D eigenvalue weighted by Gasteiger charge is -2.34. The van der Waals surface area contributed by atoms with Crippen LogP contribution in [-0.4, -0.2) is 25.2 Å². The van der Waals surface area contributed by atoms with E-state index in [9.17, 15) is 8.78 Å². The predicted molar refractivity (Wildman–Crippen MR) is 53.5 cm³/mol. The zero-order valence-corrected chi connectivity index (χ0v) is 9.39. The Morgan fingerprint density at radius 1 is 1.29 bits per heavy atom. The van der Waals surface area contributed by atoms with Gasteiger partial charge in [-0.1, -0.05) is 27.7 Å². The Bertz CT molecular complexity index is 157. The maximum absolute atomic E-state index is 12.0. The maximum Gasteiger partial charge on any atom is 0.261 e. The van der Waals surface area contributed by atoms with Crippen molar-refractivity contribution >= 4 is 0 Å². The zero-order chi connectivity index (χ0) is 11.4. The number of halogens is 2. The molecule has 0 radical (unpaired) electrons. The number of hydrogen-bond donors (Lipinski definition) is 1. The second-order valence-corrected chi connectivity index (χ2v) is 4.58. The molecule has 2 atom stereocenters. The second kappa shape index (κ2) is 5.61. The highest BCUT2D eigenvalue weighted by atomic mass is 19.3. The molecule has 0 aromatic carbocycles. The van der Waals surface area contributed by atoms with Crippen LogP contribution in [0, 0.1) is 5.41 Å². The van der Waals surface area contributed by atoms with Crippen molar-refractivity contribution in [2.75, 3.05) is 6.61 Å². The number of hydrogen-bond acceptors (Lipinski definition) is 2. The van der Waals surface area contributed by atoms with Gasteiger partial charge in [-0.15, -0.1) is 0 Å². The molecule has 2 N–H and O–H groups in total. The summed E-state index contributed by atoms with van der Waals surface area (Å²) < 4.78 is 29.1. The first-order valence-electron chi connectivity index (χ1n) is 4.94. The summed E-state index contributed by atoms with van der Waals surface area (Å²) in [6.45, 7) is 7.22. The van der Waals surface area contributed by atoms with Crippen LogP contribution in [0.2, 0.25) is 0 Å². The molecule has 0 amide bonds. The minimum absolute atomic E-state index is 0.186. The summed E-state index contributed by atoms with van der Waals surface area (Å²) in [5, 5.41) is 0. The van der Waals surface area contributed by atoms with Crippen LogP contribution in [-0.2, 0) is 4.74 Å². The van der Waals surface area contributed by atoms with E-state index in [1.165, 1.54) is 0 Å². The molecule has 0 saturated heterocycles. The average Bonchev–Trinajstić information content (AvgIpc) is 2.01. The van der Waals surface area contributed by atoms with Crippen molar-refractivity contribution in [3.8, 4) is 0 Å². The molecule has 0 saturated carbocycles. The third-order valence-corrected chi connectivity index (χ3v) is 2.12. The minimum Gasteiger partial charge on any atom is -0.370 e. The number of nitrogens with two attached hydrogens (primary N) is 1. The summed E-state index contributed by atoms with van der Waals surface area (Å²) in [5.41, 5.74) is 5.62. The Morgan fingerprint density at radius 2 is 1.79 bits per heavy atom. The normalized spacial score (nSPS) is 17.1. The van der Waals surface area contributed by atoms with Crippen molar-refractivity contribution < 1.29 is 13.5 Å². The van der Waals surface area contributed by atoms with Gasteiger partial charge in [0.25, 0.3) is 6.43 Å². The van der Waals surface area contributed by atoms with E-state index in [1.54, 1.807) is 0 Å². The lowest BCUT2D eigenvalue weighted by atomic mass is 9.84. The van der Waals surface area contributed by atoms with E-state index in [0.717, 1.165) is 6.42 Å². The lowest BCUT2D eigenvalue weighted by Crippen LogP contribution is -2.45. The van der Waals surface area contributed by atoms with Gasteiger partial charge in [0.2, 0.25) is 0 Å². The van der Waals surface area contributed by atoms with E-state index >= 15 is 0 Å². The third-order valence-electron chi connectivity index (χ3n) is 2.12. The molecular weight excluding hydrogens is 188 g/mol. The Morgan fingerprint density at radius 3 is 2.07 bits per heavy atom. The van der Waals surface area contributed by atoms with Crippen LogP contribution in [0.1, 0.15) is 34.1 Å². The minimum atomic E-state index is -2.43. The highest BCUT2D eigenvalue weighted by Crippen LogP contribution is 2.25. The predicted octanol–water partition coefficient (Wildman–Crippen LogP) is 2.42. The van der Waals surface area contributed by atoms with Gasteiger partial charge in [0.15, 0.2) is 0 Å². The van der Waals surface area contributed by atoms with Crippen LogP contribution in [0.5, 0.6) is 0 Å². The fourth-order valence-electron chi connectivity index (χ4n) is 1.41. The van der Waals surface area contributed by atoms with Crippen molar-refractivity contribution in [3.05, 3.63) is 0 Å². The highest BCUT2D eigenvalue weighted by Gasteiger charge is 2.30.